The van der Waals surface area contributed by atoms with E-state index in [0.717, 1.165) is 32.4 Å². The van der Waals surface area contributed by atoms with Crippen LogP contribution in [0.1, 0.15) is 43.5 Å². The summed E-state index contributed by atoms with van der Waals surface area (Å²) in [5.41, 5.74) is 6.98. The summed E-state index contributed by atoms with van der Waals surface area (Å²) in [7, 11) is 0. The van der Waals surface area contributed by atoms with Gasteiger partial charge in [0.25, 0.3) is 11.6 Å². The van der Waals surface area contributed by atoms with E-state index in [1.54, 1.807) is 17.0 Å². The fourth-order valence-corrected chi connectivity index (χ4v) is 3.76. The van der Waals surface area contributed by atoms with Gasteiger partial charge in [-0.25, -0.2) is 0 Å². The maximum atomic E-state index is 12.9. The van der Waals surface area contributed by atoms with Crippen molar-refractivity contribution in [1.29, 1.82) is 0 Å². The third kappa shape index (κ3) is 3.46. The topological polar surface area (TPSA) is 92.7 Å². The number of hydrogen-bond acceptors (Lipinski definition) is 5. The number of nitro benzene ring substituents is 1. The molecule has 0 spiro atoms. The molecule has 2 aliphatic rings. The third-order valence-corrected chi connectivity index (χ3v) is 5.47. The van der Waals surface area contributed by atoms with Crippen LogP contribution in [0.4, 0.5) is 11.4 Å². The first-order valence-corrected chi connectivity index (χ1v) is 8.88. The van der Waals surface area contributed by atoms with E-state index >= 15 is 0 Å². The molecule has 3 rings (SSSR count). The Labute approximate surface area is 147 Å². The molecule has 1 amide bonds. The molecule has 1 aromatic carbocycles. The molecular weight excluding hydrogens is 320 g/mol. The van der Waals surface area contributed by atoms with Crippen molar-refractivity contribution < 1.29 is 9.72 Å². The molecule has 1 unspecified atom stereocenters. The summed E-state index contributed by atoms with van der Waals surface area (Å²) in [5, 5.41) is 11.5. The number of carbonyl (C=O) groups is 1. The van der Waals surface area contributed by atoms with Gasteiger partial charge in [0.2, 0.25) is 0 Å². The molecule has 136 valence electrons. The first kappa shape index (κ1) is 17.7. The van der Waals surface area contributed by atoms with Gasteiger partial charge in [-0.15, -0.1) is 0 Å². The number of rotatable bonds is 3. The molecule has 2 heterocycles. The highest BCUT2D eigenvalue weighted by molar-refractivity contribution is 5.96. The van der Waals surface area contributed by atoms with Crippen LogP contribution < -0.4 is 10.6 Å². The van der Waals surface area contributed by atoms with Crippen molar-refractivity contribution in [1.82, 2.24) is 4.90 Å². The second-order valence-electron chi connectivity index (χ2n) is 7.77. The first-order valence-electron chi connectivity index (χ1n) is 8.88. The van der Waals surface area contributed by atoms with Crippen LogP contribution in [-0.4, -0.2) is 48.0 Å². The molecule has 2 N–H and O–H groups in total. The number of carbonyl (C=O) groups excluding carboxylic acids is 1. The molecule has 1 atom stereocenters. The molecule has 7 nitrogen and oxygen atoms in total. The fraction of sp³-hybridized carbons (Fsp3) is 0.611. The number of nitrogens with two attached hydrogens (primary N) is 1. The number of likely N-dealkylation sites (tertiary alicyclic amines) is 1. The van der Waals surface area contributed by atoms with E-state index in [0.29, 0.717) is 24.3 Å². The molecular formula is C18H26N4O3. The van der Waals surface area contributed by atoms with Crippen molar-refractivity contribution in [3.8, 4) is 0 Å². The van der Waals surface area contributed by atoms with Gasteiger partial charge in [-0.1, -0.05) is 13.8 Å². The van der Waals surface area contributed by atoms with Crippen molar-refractivity contribution in [3.63, 3.8) is 0 Å². The van der Waals surface area contributed by atoms with Gasteiger partial charge in [-0.3, -0.25) is 14.9 Å². The molecule has 2 saturated heterocycles. The lowest BCUT2D eigenvalue weighted by Gasteiger charge is -2.42. The Bertz CT molecular complexity index is 683. The third-order valence-electron chi connectivity index (χ3n) is 5.47. The predicted molar refractivity (Wildman–Crippen MR) is 96.8 cm³/mol. The SMILES string of the molecule is CC1(C)CN(C(=O)c2ccc(N3CCCC3)c([N+](=O)[O-])c2)CCC1N. The molecule has 0 aliphatic carbocycles. The number of hydrogen-bond donors (Lipinski definition) is 1. The molecule has 0 bridgehead atoms. The highest BCUT2D eigenvalue weighted by Gasteiger charge is 2.36. The maximum absolute atomic E-state index is 12.9. The molecule has 25 heavy (non-hydrogen) atoms. The van der Waals surface area contributed by atoms with Crippen molar-refractivity contribution >= 4 is 17.3 Å². The van der Waals surface area contributed by atoms with Crippen molar-refractivity contribution in [2.24, 2.45) is 11.1 Å². The van der Waals surface area contributed by atoms with E-state index in [2.05, 4.69) is 13.8 Å². The average Bonchev–Trinajstić information content (AvgIpc) is 3.10. The van der Waals surface area contributed by atoms with E-state index in [4.69, 9.17) is 5.73 Å². The summed E-state index contributed by atoms with van der Waals surface area (Å²) in [4.78, 5) is 27.8. The van der Waals surface area contributed by atoms with E-state index in [9.17, 15) is 14.9 Å². The van der Waals surface area contributed by atoms with Gasteiger partial charge >= 0.3 is 0 Å². The van der Waals surface area contributed by atoms with Crippen LogP contribution in [0, 0.1) is 15.5 Å². The van der Waals surface area contributed by atoms with Crippen LogP contribution in [0.15, 0.2) is 18.2 Å². The molecule has 1 aromatic rings. The number of nitro groups is 1. The summed E-state index contributed by atoms with van der Waals surface area (Å²) < 4.78 is 0. The Morgan fingerprint density at radius 2 is 1.96 bits per heavy atom. The second kappa shape index (κ2) is 6.63. The lowest BCUT2D eigenvalue weighted by molar-refractivity contribution is -0.384. The number of piperidine rings is 1. The van der Waals surface area contributed by atoms with Crippen molar-refractivity contribution in [3.05, 3.63) is 33.9 Å². The molecule has 2 aliphatic heterocycles. The van der Waals surface area contributed by atoms with E-state index in [1.807, 2.05) is 4.90 Å². The zero-order valence-electron chi connectivity index (χ0n) is 14.9. The Morgan fingerprint density at radius 1 is 1.28 bits per heavy atom. The summed E-state index contributed by atoms with van der Waals surface area (Å²) >= 11 is 0. The van der Waals surface area contributed by atoms with Crippen molar-refractivity contribution in [2.45, 2.75) is 39.2 Å². The van der Waals surface area contributed by atoms with Gasteiger partial charge in [0.1, 0.15) is 5.69 Å². The van der Waals surface area contributed by atoms with Crippen LogP contribution >= 0.6 is 0 Å². The Balaban J connectivity index is 1.86. The van der Waals surface area contributed by atoms with Crippen LogP contribution in [0.2, 0.25) is 0 Å². The Morgan fingerprint density at radius 3 is 2.56 bits per heavy atom. The average molecular weight is 346 g/mol. The van der Waals surface area contributed by atoms with E-state index in [-0.39, 0.29) is 28.0 Å². The summed E-state index contributed by atoms with van der Waals surface area (Å²) in [6, 6.07) is 4.92. The molecule has 0 radical (unpaired) electrons. The number of amides is 1. The number of nitrogens with zero attached hydrogens (tertiary/aromatic N) is 3. The fourth-order valence-electron chi connectivity index (χ4n) is 3.76. The maximum Gasteiger partial charge on any atom is 0.293 e. The number of anilines is 1. The lowest BCUT2D eigenvalue weighted by atomic mass is 9.79. The van der Waals surface area contributed by atoms with Gasteiger partial charge in [0, 0.05) is 43.9 Å². The monoisotopic (exact) mass is 346 g/mol. The van der Waals surface area contributed by atoms with Gasteiger partial charge in [-0.2, -0.15) is 0 Å². The Hall–Kier alpha value is -2.15. The standard InChI is InChI=1S/C18H26N4O3/c1-18(2)12-21(10-7-16(18)19)17(23)13-5-6-14(15(11-13)22(24)25)20-8-3-4-9-20/h5-6,11,16H,3-4,7-10,12,19H2,1-2H3. The minimum absolute atomic E-state index is 0.0146. The van der Waals surface area contributed by atoms with Crippen LogP contribution in [0.3, 0.4) is 0 Å². The highest BCUT2D eigenvalue weighted by Crippen LogP contribution is 2.33. The quantitative estimate of drug-likeness (QED) is 0.670. The zero-order chi connectivity index (χ0) is 18.2. The van der Waals surface area contributed by atoms with E-state index in [1.165, 1.54) is 6.07 Å². The minimum Gasteiger partial charge on any atom is -0.366 e. The summed E-state index contributed by atoms with van der Waals surface area (Å²) in [6.07, 6.45) is 2.83. The van der Waals surface area contributed by atoms with Crippen LogP contribution in [0.5, 0.6) is 0 Å². The van der Waals surface area contributed by atoms with Gasteiger partial charge in [0.15, 0.2) is 0 Å². The van der Waals surface area contributed by atoms with Gasteiger partial charge in [0.05, 0.1) is 4.92 Å². The van der Waals surface area contributed by atoms with E-state index < -0.39 is 0 Å². The summed E-state index contributed by atoms with van der Waals surface area (Å²) in [6.45, 7) is 6.91. The molecule has 7 heteroatoms. The van der Waals surface area contributed by atoms with Gasteiger partial charge < -0.3 is 15.5 Å². The van der Waals surface area contributed by atoms with Crippen molar-refractivity contribution in [2.75, 3.05) is 31.1 Å². The normalized spacial score (nSPS) is 22.9. The minimum atomic E-state index is -0.388. The van der Waals surface area contributed by atoms with Crippen LogP contribution in [-0.2, 0) is 0 Å². The highest BCUT2D eigenvalue weighted by atomic mass is 16.6. The molecule has 0 aromatic heterocycles. The predicted octanol–water partition coefficient (Wildman–Crippen LogP) is 2.39. The smallest absolute Gasteiger partial charge is 0.293 e. The largest absolute Gasteiger partial charge is 0.366 e. The Kier molecular flexibility index (Phi) is 4.69. The molecule has 0 saturated carbocycles. The zero-order valence-corrected chi connectivity index (χ0v) is 14.9. The van der Waals surface area contributed by atoms with Crippen LogP contribution in [0.25, 0.3) is 0 Å². The summed E-state index contributed by atoms with van der Waals surface area (Å²) in [5.74, 6) is -0.156. The van der Waals surface area contributed by atoms with Gasteiger partial charge in [-0.05, 0) is 36.8 Å². The molecule has 2 fully saturated rings. The lowest BCUT2D eigenvalue weighted by Crippen LogP contribution is -2.54. The number of benzene rings is 1. The second-order valence-corrected chi connectivity index (χ2v) is 7.77. The first-order chi connectivity index (χ1) is 11.8.